The number of nitrogens with one attached hydrogen (secondary N) is 4. The molecule has 1 aliphatic rings. The quantitative estimate of drug-likeness (QED) is 0.0368. The summed E-state index contributed by atoms with van der Waals surface area (Å²) in [6, 6.07) is -3.37. The number of β-lactam (4-membered cyclic amide) rings is 1. The highest BCUT2D eigenvalue weighted by Gasteiger charge is 2.50. The van der Waals surface area contributed by atoms with Gasteiger partial charge in [-0.25, -0.2) is 37.2 Å². The number of hydrogen-bond donors (Lipinski definition) is 7. The molecular weight excluding hydrogens is 759 g/mol. The van der Waals surface area contributed by atoms with Gasteiger partial charge in [-0.3, -0.25) is 23.9 Å². The number of pyridine rings is 1. The van der Waals surface area contributed by atoms with E-state index in [9.17, 15) is 55.8 Å². The summed E-state index contributed by atoms with van der Waals surface area (Å²) < 4.78 is 53.7. The van der Waals surface area contributed by atoms with Crippen molar-refractivity contribution in [2.75, 3.05) is 18.5 Å². The van der Waals surface area contributed by atoms with E-state index in [2.05, 4.69) is 30.3 Å². The number of thiazole rings is 1. The molecule has 4 rings (SSSR count). The molecule has 52 heavy (non-hydrogen) atoms. The van der Waals surface area contributed by atoms with Gasteiger partial charge in [0.1, 0.15) is 11.7 Å². The van der Waals surface area contributed by atoms with Crippen LogP contribution in [0.25, 0.3) is 11.5 Å². The molecule has 8 N–H and O–H groups in total. The van der Waals surface area contributed by atoms with Crippen LogP contribution in [0.1, 0.15) is 32.9 Å². The highest BCUT2D eigenvalue weighted by Crippen LogP contribution is 2.22. The average Bonchev–Trinajstić information content (AvgIpc) is 3.61. The van der Waals surface area contributed by atoms with Gasteiger partial charge in [-0.15, -0.1) is 16.4 Å². The standard InChI is InChI=1S/C25H31N11O13S3/c1-11-16(30-19(39)17(13-10-50-22(26)29-13)32-49-25(2,3)21(41)42)20(40)35(11)23(43)33-52(47,48)36-24(44)34(7-5-6-28-51(4,45)46)18(31-36)12-8-14(37)15(38)9-27-12/h8-11,16,28,38H,5-7H2,1-4H3,(H2,26,29)(H,27,37)(H,30,39)(H,33,43)(H,41,42)/b32-17-/t11-,16-/m0/s1. The number of hydrogen-bond acceptors (Lipinski definition) is 17. The summed E-state index contributed by atoms with van der Waals surface area (Å²) in [6.45, 7) is 3.04. The van der Waals surface area contributed by atoms with Crippen molar-refractivity contribution in [3.05, 3.63) is 44.0 Å². The van der Waals surface area contributed by atoms with E-state index < -0.39 is 90.1 Å². The number of nitrogens with two attached hydrogens (primary N) is 1. The zero-order chi connectivity index (χ0) is 38.9. The number of carbonyl (C=O) groups is 4. The number of sulfonamides is 1. The van der Waals surface area contributed by atoms with Crippen molar-refractivity contribution in [1.82, 2.24) is 43.4 Å². The normalized spacial score (nSPS) is 16.7. The summed E-state index contributed by atoms with van der Waals surface area (Å²) in [7, 11) is -8.84. The number of H-pyrrole nitrogens is 1. The van der Waals surface area contributed by atoms with Crippen LogP contribution in [0, 0.1) is 0 Å². The molecule has 1 fully saturated rings. The number of amides is 4. The lowest BCUT2D eigenvalue weighted by Gasteiger charge is -2.43. The van der Waals surface area contributed by atoms with Crippen LogP contribution in [-0.4, -0.2) is 116 Å². The van der Waals surface area contributed by atoms with E-state index in [-0.39, 0.29) is 40.1 Å². The number of nitrogens with zero attached hydrogens (tertiary/aromatic N) is 6. The minimum absolute atomic E-state index is 0.0153. The Hall–Kier alpha value is -5.67. The molecule has 0 aromatic carbocycles. The maximum atomic E-state index is 13.3. The Morgan fingerprint density at radius 1 is 1.19 bits per heavy atom. The highest BCUT2D eigenvalue weighted by molar-refractivity contribution is 7.88. The van der Waals surface area contributed by atoms with Crippen LogP contribution in [0.4, 0.5) is 9.93 Å². The number of anilines is 1. The Kier molecular flexibility index (Phi) is 10.9. The van der Waals surface area contributed by atoms with Gasteiger partial charge < -0.3 is 31.1 Å². The first-order valence-corrected chi connectivity index (χ1v) is 18.7. The number of rotatable bonds is 14. The SMILES string of the molecule is C[C@H]1[C@H](NC(=O)/C(=N\OC(C)(C)C(=O)O)c2csc(N)n2)C(=O)N1C(=O)NS(=O)(=O)n1nc(-c2cc(=O)c(O)c[nH]2)n(CCCNS(C)(=O)=O)c1=O. The number of aromatic hydroxyl groups is 1. The Morgan fingerprint density at radius 2 is 1.87 bits per heavy atom. The summed E-state index contributed by atoms with van der Waals surface area (Å²) >= 11 is 0.914. The Labute approximate surface area is 296 Å². The molecule has 2 atom stereocenters. The van der Waals surface area contributed by atoms with Crippen LogP contribution in [0.2, 0.25) is 0 Å². The summed E-state index contributed by atoms with van der Waals surface area (Å²) in [5, 5.41) is 29.9. The maximum absolute atomic E-state index is 13.3. The van der Waals surface area contributed by atoms with Crippen molar-refractivity contribution in [3.63, 3.8) is 0 Å². The monoisotopic (exact) mass is 789 g/mol. The van der Waals surface area contributed by atoms with E-state index in [1.165, 1.54) is 17.0 Å². The number of urea groups is 1. The van der Waals surface area contributed by atoms with Crippen LogP contribution in [0.3, 0.4) is 0 Å². The van der Waals surface area contributed by atoms with Crippen molar-refractivity contribution in [2.45, 2.75) is 51.4 Å². The van der Waals surface area contributed by atoms with Crippen LogP contribution < -0.4 is 31.6 Å². The zero-order valence-electron chi connectivity index (χ0n) is 27.4. The molecule has 3 aromatic rings. The fraction of sp³-hybridized carbons (Fsp3) is 0.400. The van der Waals surface area contributed by atoms with E-state index in [4.69, 9.17) is 10.6 Å². The Bertz CT molecular complexity index is 2310. The number of likely N-dealkylation sites (tertiary alicyclic amines) is 1. The lowest BCUT2D eigenvalue weighted by molar-refractivity contribution is -0.161. The molecule has 0 spiro atoms. The highest BCUT2D eigenvalue weighted by atomic mass is 32.2. The lowest BCUT2D eigenvalue weighted by Crippen LogP contribution is -2.73. The fourth-order valence-corrected chi connectivity index (χ4v) is 6.28. The third-order valence-electron chi connectivity index (χ3n) is 7.09. The van der Waals surface area contributed by atoms with E-state index in [0.717, 1.165) is 48.3 Å². The number of carboxylic acid groups (broad SMARTS) is 1. The number of carbonyl (C=O) groups excluding carboxylic acids is 3. The predicted octanol–water partition coefficient (Wildman–Crippen LogP) is -3.11. The number of aromatic nitrogens is 5. The van der Waals surface area contributed by atoms with E-state index >= 15 is 0 Å². The van der Waals surface area contributed by atoms with Crippen molar-refractivity contribution < 1.29 is 51.1 Å². The largest absolute Gasteiger partial charge is 0.503 e. The topological polar surface area (TPSA) is 350 Å². The van der Waals surface area contributed by atoms with E-state index in [1.807, 2.05) is 0 Å². The number of aromatic amines is 1. The third-order valence-corrected chi connectivity index (χ3v) is 9.62. The Balaban J connectivity index is 1.55. The minimum Gasteiger partial charge on any atom is -0.503 e. The number of oxime groups is 1. The molecule has 0 saturated carbocycles. The van der Waals surface area contributed by atoms with Crippen molar-refractivity contribution in [2.24, 2.45) is 5.16 Å². The summed E-state index contributed by atoms with van der Waals surface area (Å²) in [4.78, 5) is 87.8. The van der Waals surface area contributed by atoms with Gasteiger partial charge in [0.15, 0.2) is 22.4 Å². The minimum atomic E-state index is -5.22. The van der Waals surface area contributed by atoms with Crippen LogP contribution >= 0.6 is 11.3 Å². The van der Waals surface area contributed by atoms with Gasteiger partial charge in [0.25, 0.3) is 11.8 Å². The first kappa shape index (κ1) is 39.1. The molecule has 27 heteroatoms. The van der Waals surface area contributed by atoms with Gasteiger partial charge in [0, 0.05) is 30.7 Å². The van der Waals surface area contributed by atoms with Gasteiger partial charge in [-0.05, 0) is 27.2 Å². The first-order chi connectivity index (χ1) is 24.0. The maximum Gasteiger partial charge on any atom is 0.362 e. The molecule has 1 aliphatic heterocycles. The molecule has 0 unspecified atom stereocenters. The summed E-state index contributed by atoms with van der Waals surface area (Å²) in [5.74, 6) is -4.77. The van der Waals surface area contributed by atoms with Crippen LogP contribution in [-0.2, 0) is 46.0 Å². The van der Waals surface area contributed by atoms with Crippen LogP contribution in [0.5, 0.6) is 5.75 Å². The smallest absolute Gasteiger partial charge is 0.362 e. The number of carboxylic acids is 1. The molecule has 4 amide bonds. The van der Waals surface area contributed by atoms with Gasteiger partial charge in [-0.2, -0.15) is 8.42 Å². The molecule has 0 radical (unpaired) electrons. The van der Waals surface area contributed by atoms with E-state index in [1.54, 1.807) is 0 Å². The third kappa shape index (κ3) is 8.44. The van der Waals surface area contributed by atoms with Crippen molar-refractivity contribution in [3.8, 4) is 17.3 Å². The predicted molar refractivity (Wildman–Crippen MR) is 179 cm³/mol. The van der Waals surface area contributed by atoms with E-state index in [0.29, 0.717) is 4.90 Å². The van der Waals surface area contributed by atoms with Gasteiger partial charge in [-0.1, -0.05) is 9.24 Å². The average molecular weight is 790 g/mol. The number of aliphatic carboxylic acids is 1. The number of imide groups is 1. The van der Waals surface area contributed by atoms with Crippen molar-refractivity contribution >= 4 is 66.2 Å². The first-order valence-electron chi connectivity index (χ1n) is 14.5. The zero-order valence-corrected chi connectivity index (χ0v) is 29.8. The molecule has 3 aromatic heterocycles. The number of nitrogen functional groups attached to an aromatic ring is 1. The van der Waals surface area contributed by atoms with Crippen molar-refractivity contribution in [1.29, 1.82) is 0 Å². The second-order valence-corrected chi connectivity index (χ2v) is 15.7. The second-order valence-electron chi connectivity index (χ2n) is 11.4. The lowest BCUT2D eigenvalue weighted by atomic mass is 9.97. The molecule has 0 bridgehead atoms. The molecule has 0 aliphatic carbocycles. The summed E-state index contributed by atoms with van der Waals surface area (Å²) in [6.07, 6.45) is 1.67. The van der Waals surface area contributed by atoms with Crippen LogP contribution in [0.15, 0.2) is 32.4 Å². The van der Waals surface area contributed by atoms with Gasteiger partial charge in [0.05, 0.1) is 18.0 Å². The van der Waals surface area contributed by atoms with Gasteiger partial charge in [0.2, 0.25) is 21.1 Å². The molecule has 1 saturated heterocycles. The fourth-order valence-electron chi connectivity index (χ4n) is 4.33. The molecular formula is C25H31N11O13S3. The molecule has 282 valence electrons. The summed E-state index contributed by atoms with van der Waals surface area (Å²) in [5.41, 5.74) is 0.529. The van der Waals surface area contributed by atoms with Gasteiger partial charge >= 0.3 is 27.9 Å². The molecule has 24 nitrogen and oxygen atoms in total. The Morgan fingerprint density at radius 3 is 2.42 bits per heavy atom. The second kappa shape index (κ2) is 14.5. The molecule has 4 heterocycles.